The van der Waals surface area contributed by atoms with Crippen molar-refractivity contribution < 1.29 is 27.6 Å². The average Bonchev–Trinajstić information content (AvgIpc) is 3.45. The second kappa shape index (κ2) is 21.4. The number of nitrogens with one attached hydrogen (secondary N) is 1. The van der Waals surface area contributed by atoms with Gasteiger partial charge in [-0.05, 0) is 31.7 Å². The number of amides is 2. The molecule has 1 saturated heterocycles. The Hall–Kier alpha value is -3.52. The number of carbonyl (C=O) groups excluding carboxylic acids is 3. The molecule has 11 heteroatoms. The standard InChI is InChI=1S/C20H22N4O2.C3H8.C2HF3O.C2H6.CH5N/c1-2-6-19(25)24-10-5-9-18(24)20(26)23-17(11-21)16-13-22-12-14-7-3-4-8-15(14)16;1-3-2;3-2(4,5)1-6;2*1-2/h3-4,7-8,12-13,17-18H,2,5-6,9-10H2,1H3,(H,23,26);3H2,1-2H3;1H;1-2H3;2H2,1H3. The van der Waals surface area contributed by atoms with E-state index >= 15 is 0 Å². The third-order valence-corrected chi connectivity index (χ3v) is 4.90. The van der Waals surface area contributed by atoms with Crippen molar-refractivity contribution in [1.82, 2.24) is 15.2 Å². The van der Waals surface area contributed by atoms with Gasteiger partial charge in [0.25, 0.3) is 0 Å². The number of nitriles is 1. The SMILES string of the molecule is CC.CCC.CCCC(=O)N1CCCC1C(=O)NC(C#N)c1cncc2ccccc12.CN.O=CC(F)(F)F. The van der Waals surface area contributed by atoms with E-state index in [1.54, 1.807) is 17.3 Å². The topological polar surface area (TPSA) is 129 Å². The molecule has 0 aliphatic carbocycles. The number of nitrogens with zero attached hydrogens (tertiary/aromatic N) is 3. The van der Waals surface area contributed by atoms with Crippen LogP contribution in [0.15, 0.2) is 36.7 Å². The fourth-order valence-electron chi connectivity index (χ4n) is 3.48. The molecule has 2 unspecified atom stereocenters. The smallest absolute Gasteiger partial charge is 0.335 e. The van der Waals surface area contributed by atoms with Crippen molar-refractivity contribution >= 4 is 28.9 Å². The zero-order valence-electron chi connectivity index (χ0n) is 23.7. The van der Waals surface area contributed by atoms with E-state index in [-0.39, 0.29) is 11.8 Å². The number of alkyl halides is 3. The first kappa shape index (κ1) is 37.6. The van der Waals surface area contributed by atoms with Crippen molar-refractivity contribution in [2.45, 2.75) is 85.0 Å². The molecule has 1 aromatic carbocycles. The minimum Gasteiger partial charge on any atom is -0.335 e. The van der Waals surface area contributed by atoms with Crippen LogP contribution in [-0.2, 0) is 14.4 Å². The van der Waals surface area contributed by atoms with Gasteiger partial charge in [0.15, 0.2) is 0 Å². The molecule has 1 aliphatic heterocycles. The van der Waals surface area contributed by atoms with Crippen molar-refractivity contribution in [3.8, 4) is 6.07 Å². The average molecular weight is 554 g/mol. The Balaban J connectivity index is 0. The summed E-state index contributed by atoms with van der Waals surface area (Å²) >= 11 is 0. The van der Waals surface area contributed by atoms with Crippen molar-refractivity contribution in [3.05, 3.63) is 42.2 Å². The van der Waals surface area contributed by atoms with Crippen LogP contribution >= 0.6 is 0 Å². The second-order valence-electron chi connectivity index (χ2n) is 7.88. The van der Waals surface area contributed by atoms with Crippen LogP contribution in [0.4, 0.5) is 13.2 Å². The summed E-state index contributed by atoms with van der Waals surface area (Å²) in [6, 6.07) is 8.50. The quantitative estimate of drug-likeness (QED) is 0.472. The first-order valence-electron chi connectivity index (χ1n) is 13.1. The Labute approximate surface area is 229 Å². The molecule has 0 spiro atoms. The number of pyridine rings is 1. The Bertz CT molecular complexity index is 1020. The van der Waals surface area contributed by atoms with Gasteiger partial charge in [-0.3, -0.25) is 19.4 Å². The van der Waals surface area contributed by atoms with E-state index in [9.17, 15) is 28.0 Å². The number of hydrogen-bond donors (Lipinski definition) is 2. The van der Waals surface area contributed by atoms with Gasteiger partial charge < -0.3 is 16.0 Å². The molecule has 0 bridgehead atoms. The molecule has 1 aliphatic rings. The van der Waals surface area contributed by atoms with Crippen LogP contribution in [0.25, 0.3) is 10.8 Å². The summed E-state index contributed by atoms with van der Waals surface area (Å²) < 4.78 is 31.2. The zero-order valence-corrected chi connectivity index (χ0v) is 23.7. The summed E-state index contributed by atoms with van der Waals surface area (Å²) in [7, 11) is 1.50. The Morgan fingerprint density at radius 1 is 1.21 bits per heavy atom. The van der Waals surface area contributed by atoms with Crippen molar-refractivity contribution in [2.24, 2.45) is 5.73 Å². The lowest BCUT2D eigenvalue weighted by atomic mass is 10.0. The number of likely N-dealkylation sites (tertiary alicyclic amines) is 1. The van der Waals surface area contributed by atoms with Crippen LogP contribution in [0.3, 0.4) is 0 Å². The minimum atomic E-state index is -4.64. The molecule has 39 heavy (non-hydrogen) atoms. The molecule has 1 aromatic heterocycles. The number of aldehydes is 1. The summed E-state index contributed by atoms with van der Waals surface area (Å²) in [6.07, 6.45) is 1.54. The number of rotatable bonds is 5. The molecule has 2 amide bonds. The predicted octanol–water partition coefficient (Wildman–Crippen LogP) is 5.47. The highest BCUT2D eigenvalue weighted by Gasteiger charge is 2.34. The third kappa shape index (κ3) is 13.7. The van der Waals surface area contributed by atoms with E-state index in [0.29, 0.717) is 24.9 Å². The second-order valence-corrected chi connectivity index (χ2v) is 7.88. The molecule has 0 saturated carbocycles. The molecular weight excluding hydrogens is 511 g/mol. The van der Waals surface area contributed by atoms with Gasteiger partial charge in [0.2, 0.25) is 18.1 Å². The number of fused-ring (bicyclic) bond motifs is 1. The Morgan fingerprint density at radius 3 is 2.28 bits per heavy atom. The van der Waals surface area contributed by atoms with Gasteiger partial charge in [-0.1, -0.05) is 65.3 Å². The molecular formula is C28H42F3N5O3. The van der Waals surface area contributed by atoms with E-state index in [1.807, 2.05) is 45.0 Å². The van der Waals surface area contributed by atoms with E-state index in [4.69, 9.17) is 4.79 Å². The number of carbonyl (C=O) groups is 3. The lowest BCUT2D eigenvalue weighted by Gasteiger charge is -2.25. The van der Waals surface area contributed by atoms with Crippen molar-refractivity contribution in [3.63, 3.8) is 0 Å². The predicted molar refractivity (Wildman–Crippen MR) is 147 cm³/mol. The van der Waals surface area contributed by atoms with Crippen LogP contribution in [0.5, 0.6) is 0 Å². The van der Waals surface area contributed by atoms with E-state index < -0.39 is 24.5 Å². The van der Waals surface area contributed by atoms with Gasteiger partial charge in [-0.25, -0.2) is 0 Å². The summed E-state index contributed by atoms with van der Waals surface area (Å²) in [4.78, 5) is 39.5. The highest BCUT2D eigenvalue weighted by Crippen LogP contribution is 2.24. The van der Waals surface area contributed by atoms with Crippen LogP contribution < -0.4 is 11.1 Å². The number of hydrogen-bond acceptors (Lipinski definition) is 6. The van der Waals surface area contributed by atoms with Gasteiger partial charge in [-0.2, -0.15) is 18.4 Å². The molecule has 8 nitrogen and oxygen atoms in total. The Kier molecular flexibility index (Phi) is 20.7. The highest BCUT2D eigenvalue weighted by atomic mass is 19.4. The van der Waals surface area contributed by atoms with Crippen LogP contribution in [0.1, 0.15) is 78.3 Å². The van der Waals surface area contributed by atoms with E-state index in [1.165, 1.54) is 13.5 Å². The Morgan fingerprint density at radius 2 is 1.77 bits per heavy atom. The lowest BCUT2D eigenvalue weighted by Crippen LogP contribution is -2.46. The summed E-state index contributed by atoms with van der Waals surface area (Å²) in [5.74, 6) is -0.267. The number of nitrogens with two attached hydrogens (primary N) is 1. The minimum absolute atomic E-state index is 0.00508. The molecule has 1 fully saturated rings. The van der Waals surface area contributed by atoms with Crippen LogP contribution in [-0.4, -0.2) is 53.8 Å². The third-order valence-electron chi connectivity index (χ3n) is 4.90. The number of halogens is 3. The molecule has 0 radical (unpaired) electrons. The van der Waals surface area contributed by atoms with Gasteiger partial charge in [0.05, 0.1) is 6.07 Å². The van der Waals surface area contributed by atoms with Gasteiger partial charge in [0.1, 0.15) is 12.1 Å². The fourth-order valence-corrected chi connectivity index (χ4v) is 3.48. The van der Waals surface area contributed by atoms with Crippen LogP contribution in [0, 0.1) is 11.3 Å². The molecule has 218 valence electrons. The maximum Gasteiger partial charge on any atom is 0.446 e. The molecule has 2 heterocycles. The number of aromatic nitrogens is 1. The van der Waals surface area contributed by atoms with Crippen molar-refractivity contribution in [1.29, 1.82) is 5.26 Å². The maximum absolute atomic E-state index is 12.8. The van der Waals surface area contributed by atoms with Gasteiger partial charge >= 0.3 is 6.18 Å². The number of benzene rings is 1. The zero-order chi connectivity index (χ0) is 30.4. The fraction of sp³-hybridized carbons (Fsp3) is 0.536. The summed E-state index contributed by atoms with van der Waals surface area (Å²) in [5, 5.41) is 14.2. The summed E-state index contributed by atoms with van der Waals surface area (Å²) in [6.45, 7) is 10.8. The maximum atomic E-state index is 12.8. The first-order valence-corrected chi connectivity index (χ1v) is 13.1. The molecule has 2 aromatic rings. The molecule has 3 rings (SSSR count). The summed E-state index contributed by atoms with van der Waals surface area (Å²) in [5.41, 5.74) is 5.17. The molecule has 2 atom stereocenters. The monoisotopic (exact) mass is 553 g/mol. The van der Waals surface area contributed by atoms with Gasteiger partial charge in [0, 0.05) is 36.3 Å². The van der Waals surface area contributed by atoms with Crippen molar-refractivity contribution in [2.75, 3.05) is 13.6 Å². The lowest BCUT2D eigenvalue weighted by molar-refractivity contribution is -0.156. The van der Waals surface area contributed by atoms with Crippen LogP contribution in [0.2, 0.25) is 0 Å². The van der Waals surface area contributed by atoms with E-state index in [0.717, 1.165) is 23.6 Å². The highest BCUT2D eigenvalue weighted by molar-refractivity contribution is 5.90. The normalized spacial score (nSPS) is 14.3. The van der Waals surface area contributed by atoms with E-state index in [2.05, 4.69) is 36.0 Å². The van der Waals surface area contributed by atoms with Gasteiger partial charge in [-0.15, -0.1) is 0 Å². The molecule has 3 N–H and O–H groups in total. The first-order chi connectivity index (χ1) is 18.6. The largest absolute Gasteiger partial charge is 0.446 e.